The molecule has 0 bridgehead atoms. The van der Waals surface area contributed by atoms with Gasteiger partial charge in [-0.25, -0.2) is 14.8 Å². The Hall–Kier alpha value is -3.23. The average Bonchev–Trinajstić information content (AvgIpc) is 3.53. The molecule has 1 saturated carbocycles. The summed E-state index contributed by atoms with van der Waals surface area (Å²) < 4.78 is 0. The van der Waals surface area contributed by atoms with Gasteiger partial charge < -0.3 is 10.2 Å². The molecule has 3 heterocycles. The number of hydrogen-bond acceptors (Lipinski definition) is 6. The lowest BCUT2D eigenvalue weighted by Crippen LogP contribution is -2.49. The summed E-state index contributed by atoms with van der Waals surface area (Å²) in [5, 5.41) is 2.78. The molecule has 1 atom stereocenters. The Kier molecular flexibility index (Phi) is 3.77. The van der Waals surface area contributed by atoms with Crippen molar-refractivity contribution in [2.45, 2.75) is 25.3 Å². The largest absolute Gasteiger partial charge is 0.355 e. The first-order valence-corrected chi connectivity index (χ1v) is 9.81. The van der Waals surface area contributed by atoms with Gasteiger partial charge in [-0.05, 0) is 37.8 Å². The first-order valence-electron chi connectivity index (χ1n) is 9.81. The van der Waals surface area contributed by atoms with Gasteiger partial charge in [0.1, 0.15) is 12.1 Å². The van der Waals surface area contributed by atoms with Gasteiger partial charge in [0.2, 0.25) is 5.91 Å². The van der Waals surface area contributed by atoms with Crippen LogP contribution in [0.1, 0.15) is 19.8 Å². The lowest BCUT2D eigenvalue weighted by atomic mass is 9.96. The quantitative estimate of drug-likeness (QED) is 0.784. The SMILES string of the molecule is CN1CCN(C(=O)CN2C(=O)N[C@@](C)(C3CC3)C2=O)c2nc3ccccc3nc21. The fourth-order valence-corrected chi connectivity index (χ4v) is 4.14. The molecule has 2 aromatic rings. The van der Waals surface area contributed by atoms with Crippen LogP contribution >= 0.6 is 0 Å². The van der Waals surface area contributed by atoms with Crippen molar-refractivity contribution in [3.63, 3.8) is 0 Å². The summed E-state index contributed by atoms with van der Waals surface area (Å²) in [5.74, 6) is 0.563. The summed E-state index contributed by atoms with van der Waals surface area (Å²) in [5.41, 5.74) is 0.547. The number of likely N-dealkylation sites (N-methyl/N-ethyl adjacent to an activating group) is 1. The third kappa shape index (κ3) is 2.72. The number of carbonyl (C=O) groups excluding carboxylic acids is 3. The summed E-state index contributed by atoms with van der Waals surface area (Å²) in [6, 6.07) is 6.98. The molecule has 9 nitrogen and oxygen atoms in total. The third-order valence-electron chi connectivity index (χ3n) is 6.10. The Morgan fingerprint density at radius 2 is 1.79 bits per heavy atom. The van der Waals surface area contributed by atoms with Crippen molar-refractivity contribution in [3.8, 4) is 0 Å². The predicted molar refractivity (Wildman–Crippen MR) is 107 cm³/mol. The second-order valence-corrected chi connectivity index (χ2v) is 8.12. The molecule has 2 fully saturated rings. The molecule has 1 aromatic carbocycles. The fourth-order valence-electron chi connectivity index (χ4n) is 4.14. The second kappa shape index (κ2) is 6.13. The summed E-state index contributed by atoms with van der Waals surface area (Å²) >= 11 is 0. The van der Waals surface area contributed by atoms with E-state index in [4.69, 9.17) is 0 Å². The van der Waals surface area contributed by atoms with Gasteiger partial charge in [0.15, 0.2) is 11.6 Å². The van der Waals surface area contributed by atoms with Crippen molar-refractivity contribution in [1.82, 2.24) is 20.2 Å². The highest BCUT2D eigenvalue weighted by Gasteiger charge is 2.56. The van der Waals surface area contributed by atoms with Crippen LogP contribution in [0.2, 0.25) is 0 Å². The van der Waals surface area contributed by atoms with Crippen LogP contribution < -0.4 is 15.1 Å². The number of urea groups is 1. The molecule has 9 heteroatoms. The lowest BCUT2D eigenvalue weighted by Gasteiger charge is -2.34. The minimum Gasteiger partial charge on any atom is -0.355 e. The standard InChI is InChI=1S/C20H22N6O3/c1-20(12-7-8-12)18(28)26(19(29)23-20)11-15(27)25-10-9-24(2)16-17(25)22-14-6-4-3-5-13(14)21-16/h3-6,12H,7-11H2,1-2H3,(H,23,29)/t20-/m0/s1. The fraction of sp³-hybridized carbons (Fsp3) is 0.450. The molecule has 150 valence electrons. The van der Waals surface area contributed by atoms with E-state index in [2.05, 4.69) is 15.3 Å². The average molecular weight is 394 g/mol. The molecule has 4 amide bonds. The van der Waals surface area contributed by atoms with Gasteiger partial charge in [-0.15, -0.1) is 0 Å². The highest BCUT2D eigenvalue weighted by Crippen LogP contribution is 2.42. The van der Waals surface area contributed by atoms with Gasteiger partial charge in [-0.3, -0.25) is 19.4 Å². The Labute approximate surface area is 167 Å². The van der Waals surface area contributed by atoms with Gasteiger partial charge >= 0.3 is 6.03 Å². The maximum absolute atomic E-state index is 13.1. The number of carbonyl (C=O) groups is 3. The third-order valence-corrected chi connectivity index (χ3v) is 6.10. The number of para-hydroxylation sites is 2. The number of rotatable bonds is 3. The summed E-state index contributed by atoms with van der Waals surface area (Å²) in [6.07, 6.45) is 1.83. The van der Waals surface area contributed by atoms with E-state index < -0.39 is 11.6 Å². The molecule has 29 heavy (non-hydrogen) atoms. The van der Waals surface area contributed by atoms with E-state index in [0.29, 0.717) is 30.2 Å². The molecule has 1 aromatic heterocycles. The van der Waals surface area contributed by atoms with Crippen molar-refractivity contribution < 1.29 is 14.4 Å². The molecule has 0 spiro atoms. The summed E-state index contributed by atoms with van der Waals surface area (Å²) in [6.45, 7) is 2.45. The zero-order valence-corrected chi connectivity index (χ0v) is 16.4. The van der Waals surface area contributed by atoms with Crippen LogP contribution in [0, 0.1) is 5.92 Å². The minimum absolute atomic E-state index is 0.153. The number of fused-ring (bicyclic) bond motifs is 2. The zero-order chi connectivity index (χ0) is 20.3. The topological polar surface area (TPSA) is 98.7 Å². The van der Waals surface area contributed by atoms with Crippen LogP contribution in [0.25, 0.3) is 11.0 Å². The number of nitrogens with one attached hydrogen (secondary N) is 1. The maximum Gasteiger partial charge on any atom is 0.325 e. The molecule has 1 N–H and O–H groups in total. The van der Waals surface area contributed by atoms with Crippen molar-refractivity contribution in [2.24, 2.45) is 5.92 Å². The summed E-state index contributed by atoms with van der Waals surface area (Å²) in [4.78, 5) is 52.2. The van der Waals surface area contributed by atoms with Gasteiger partial charge in [0, 0.05) is 20.1 Å². The van der Waals surface area contributed by atoms with Crippen molar-refractivity contribution in [1.29, 1.82) is 0 Å². The molecule has 0 unspecified atom stereocenters. The Balaban J connectivity index is 1.44. The van der Waals surface area contributed by atoms with E-state index in [1.165, 1.54) is 4.90 Å². The highest BCUT2D eigenvalue weighted by atomic mass is 16.2. The van der Waals surface area contributed by atoms with E-state index in [1.54, 1.807) is 6.92 Å². The van der Waals surface area contributed by atoms with Crippen LogP contribution in [0.5, 0.6) is 0 Å². The maximum atomic E-state index is 13.1. The molecule has 5 rings (SSSR count). The molecule has 3 aliphatic rings. The van der Waals surface area contributed by atoms with E-state index in [1.807, 2.05) is 36.2 Å². The lowest BCUT2D eigenvalue weighted by molar-refractivity contribution is -0.134. The van der Waals surface area contributed by atoms with Crippen molar-refractivity contribution in [3.05, 3.63) is 24.3 Å². The van der Waals surface area contributed by atoms with Gasteiger partial charge in [0.25, 0.3) is 5.91 Å². The Morgan fingerprint density at radius 3 is 2.45 bits per heavy atom. The predicted octanol–water partition coefficient (Wildman–Crippen LogP) is 1.13. The first-order chi connectivity index (χ1) is 13.9. The number of imide groups is 1. The van der Waals surface area contributed by atoms with Crippen LogP contribution in [0.4, 0.5) is 16.4 Å². The normalized spacial score (nSPS) is 24.1. The van der Waals surface area contributed by atoms with Crippen LogP contribution in [-0.2, 0) is 9.59 Å². The monoisotopic (exact) mass is 394 g/mol. The highest BCUT2D eigenvalue weighted by molar-refractivity contribution is 6.11. The Bertz CT molecular complexity index is 1050. The number of hydrogen-bond donors (Lipinski definition) is 1. The van der Waals surface area contributed by atoms with E-state index in [9.17, 15) is 14.4 Å². The van der Waals surface area contributed by atoms with Crippen LogP contribution in [0.3, 0.4) is 0 Å². The summed E-state index contributed by atoms with van der Waals surface area (Å²) in [7, 11) is 1.91. The van der Waals surface area contributed by atoms with Crippen molar-refractivity contribution in [2.75, 3.05) is 36.5 Å². The number of nitrogens with zero attached hydrogens (tertiary/aromatic N) is 5. The number of benzene rings is 1. The first kappa shape index (κ1) is 17.8. The zero-order valence-electron chi connectivity index (χ0n) is 16.4. The molecule has 0 radical (unpaired) electrons. The molecular weight excluding hydrogens is 372 g/mol. The number of amides is 4. The smallest absolute Gasteiger partial charge is 0.325 e. The van der Waals surface area contributed by atoms with Crippen molar-refractivity contribution >= 4 is 40.5 Å². The number of aromatic nitrogens is 2. The molecule has 1 aliphatic carbocycles. The van der Waals surface area contributed by atoms with Gasteiger partial charge in [0.05, 0.1) is 11.0 Å². The molecule has 1 saturated heterocycles. The molecular formula is C20H22N6O3. The van der Waals surface area contributed by atoms with E-state index in [-0.39, 0.29) is 24.3 Å². The van der Waals surface area contributed by atoms with Crippen LogP contribution in [-0.4, -0.2) is 64.9 Å². The van der Waals surface area contributed by atoms with Crippen LogP contribution in [0.15, 0.2) is 24.3 Å². The van der Waals surface area contributed by atoms with Gasteiger partial charge in [-0.2, -0.15) is 0 Å². The van der Waals surface area contributed by atoms with E-state index >= 15 is 0 Å². The Morgan fingerprint density at radius 1 is 1.14 bits per heavy atom. The minimum atomic E-state index is -0.895. The second-order valence-electron chi connectivity index (χ2n) is 8.12. The molecule has 2 aliphatic heterocycles. The van der Waals surface area contributed by atoms with Gasteiger partial charge in [-0.1, -0.05) is 12.1 Å². The van der Waals surface area contributed by atoms with E-state index in [0.717, 1.165) is 23.3 Å². The number of anilines is 2.